The quantitative estimate of drug-likeness (QED) is 0.356. The number of amides is 3. The van der Waals surface area contributed by atoms with Gasteiger partial charge in [0.1, 0.15) is 0 Å². The fraction of sp³-hybridized carbons (Fsp3) is 0.500. The maximum atomic E-state index is 13.9. The van der Waals surface area contributed by atoms with Gasteiger partial charge in [0, 0.05) is 60.4 Å². The van der Waals surface area contributed by atoms with Gasteiger partial charge in [-0.05, 0) is 72.9 Å². The lowest BCUT2D eigenvalue weighted by Crippen LogP contribution is -2.44. The Kier molecular flexibility index (Phi) is 8.81. The Balaban J connectivity index is 1.32. The fourth-order valence-corrected chi connectivity index (χ4v) is 7.38. The molecule has 0 spiro atoms. The third-order valence-electron chi connectivity index (χ3n) is 8.29. The number of aryl methyl sites for hydroxylation is 1. The molecule has 4 heterocycles. The van der Waals surface area contributed by atoms with Crippen molar-refractivity contribution in [3.8, 4) is 0 Å². The van der Waals surface area contributed by atoms with Crippen molar-refractivity contribution >= 4 is 57.6 Å². The Morgan fingerprint density at radius 3 is 2.62 bits per heavy atom. The molecule has 42 heavy (non-hydrogen) atoms. The molecule has 224 valence electrons. The van der Waals surface area contributed by atoms with E-state index in [1.165, 1.54) is 4.88 Å². The van der Waals surface area contributed by atoms with E-state index in [2.05, 4.69) is 49.3 Å². The normalized spacial score (nSPS) is 18.8. The van der Waals surface area contributed by atoms with Crippen molar-refractivity contribution < 1.29 is 14.4 Å². The van der Waals surface area contributed by atoms with Crippen LogP contribution in [0, 0.1) is 24.2 Å². The molecule has 3 amide bonds. The number of piperidine rings is 1. The average molecular weight is 610 g/mol. The van der Waals surface area contributed by atoms with Gasteiger partial charge in [0.25, 0.3) is 0 Å². The minimum atomic E-state index is -0.470. The molecule has 8 nitrogen and oxygen atoms in total. The van der Waals surface area contributed by atoms with Crippen LogP contribution in [0.3, 0.4) is 0 Å². The second kappa shape index (κ2) is 12.2. The molecule has 1 atom stereocenters. The number of carbonyl (C=O) groups excluding carboxylic acids is 3. The van der Waals surface area contributed by atoms with Gasteiger partial charge < -0.3 is 15.1 Å². The van der Waals surface area contributed by atoms with Crippen LogP contribution in [0.5, 0.6) is 0 Å². The standard InChI is InChI=1S/C32H40ClN5O3S/c1-19-6-7-23(42-19)15-24(30(40)34-5)20-8-10-37(11-9-20)28(39)14-22-12-21-13-27(33)29-25(16-35-36-29)26(21)17-38(31(22)41)18-32(2,3)4/h6-7,13,15-16,20,22H,8-12,14,17-18H2,1-5H3,(H,34,40)(H,35,36)/b24-15-. The molecule has 1 unspecified atom stereocenters. The van der Waals surface area contributed by atoms with Crippen LogP contribution >= 0.6 is 22.9 Å². The van der Waals surface area contributed by atoms with Crippen LogP contribution in [0.15, 0.2) is 30.0 Å². The molecule has 1 aromatic carbocycles. The smallest absolute Gasteiger partial charge is 0.247 e. The second-order valence-corrected chi connectivity index (χ2v) is 14.5. The van der Waals surface area contributed by atoms with Crippen LogP contribution in [0.1, 0.15) is 60.9 Å². The molecule has 0 saturated carbocycles. The molecule has 0 radical (unpaired) electrons. The summed E-state index contributed by atoms with van der Waals surface area (Å²) >= 11 is 8.25. The van der Waals surface area contributed by atoms with Crippen molar-refractivity contribution in [1.29, 1.82) is 0 Å². The highest BCUT2D eigenvalue weighted by molar-refractivity contribution is 7.12. The Morgan fingerprint density at radius 2 is 1.98 bits per heavy atom. The summed E-state index contributed by atoms with van der Waals surface area (Å²) in [5, 5.41) is 11.5. The van der Waals surface area contributed by atoms with E-state index in [1.807, 2.05) is 28.0 Å². The third-order valence-corrected chi connectivity index (χ3v) is 9.54. The summed E-state index contributed by atoms with van der Waals surface area (Å²) in [4.78, 5) is 46.4. The van der Waals surface area contributed by atoms with E-state index in [1.54, 1.807) is 24.6 Å². The number of rotatable bonds is 6. The number of likely N-dealkylation sites (N-methyl/N-ethyl adjacent to an activating group) is 1. The first-order valence-electron chi connectivity index (χ1n) is 14.6. The number of aromatic amines is 1. The van der Waals surface area contributed by atoms with Crippen molar-refractivity contribution in [3.05, 3.63) is 55.9 Å². The van der Waals surface area contributed by atoms with E-state index < -0.39 is 5.92 Å². The molecule has 0 aliphatic carbocycles. The number of carbonyl (C=O) groups is 3. The van der Waals surface area contributed by atoms with Gasteiger partial charge in [-0.1, -0.05) is 32.4 Å². The largest absolute Gasteiger partial charge is 0.355 e. The Bertz CT molecular complexity index is 1530. The zero-order chi connectivity index (χ0) is 30.2. The van der Waals surface area contributed by atoms with Gasteiger partial charge in [-0.2, -0.15) is 5.10 Å². The van der Waals surface area contributed by atoms with Crippen LogP contribution in [0.4, 0.5) is 0 Å². The van der Waals surface area contributed by atoms with Crippen molar-refractivity contribution in [2.24, 2.45) is 17.3 Å². The SMILES string of the molecule is CNC(=O)/C(=C\c1ccc(C)s1)C1CCN(C(=O)CC2Cc3cc(Cl)c4[nH]ncc4c3CN(CC(C)(C)C)C2=O)CC1. The number of nitrogens with zero attached hydrogens (tertiary/aromatic N) is 3. The van der Waals surface area contributed by atoms with E-state index in [-0.39, 0.29) is 35.5 Å². The van der Waals surface area contributed by atoms with E-state index in [0.717, 1.165) is 32.5 Å². The van der Waals surface area contributed by atoms with Gasteiger partial charge in [-0.15, -0.1) is 11.3 Å². The summed E-state index contributed by atoms with van der Waals surface area (Å²) in [5.74, 6) is -0.473. The fourth-order valence-electron chi connectivity index (χ4n) is 6.27. The van der Waals surface area contributed by atoms with Gasteiger partial charge >= 0.3 is 0 Å². The number of halogens is 1. The predicted molar refractivity (Wildman–Crippen MR) is 168 cm³/mol. The highest BCUT2D eigenvalue weighted by Gasteiger charge is 2.36. The van der Waals surface area contributed by atoms with Gasteiger partial charge in [-0.25, -0.2) is 0 Å². The molecule has 2 aromatic heterocycles. The lowest BCUT2D eigenvalue weighted by Gasteiger charge is -2.34. The number of benzene rings is 1. The summed E-state index contributed by atoms with van der Waals surface area (Å²) in [5.41, 5.74) is 3.49. The lowest BCUT2D eigenvalue weighted by atomic mass is 9.87. The van der Waals surface area contributed by atoms with Crippen molar-refractivity contribution in [2.75, 3.05) is 26.7 Å². The topological polar surface area (TPSA) is 98.4 Å². The minimum absolute atomic E-state index is 0.00760. The van der Waals surface area contributed by atoms with Crippen LogP contribution in [-0.4, -0.2) is 64.4 Å². The molecule has 2 N–H and O–H groups in total. The van der Waals surface area contributed by atoms with E-state index >= 15 is 0 Å². The minimum Gasteiger partial charge on any atom is -0.355 e. The van der Waals surface area contributed by atoms with Gasteiger partial charge in [0.15, 0.2) is 0 Å². The Hall–Kier alpha value is -3.17. The average Bonchev–Trinajstić information content (AvgIpc) is 3.58. The van der Waals surface area contributed by atoms with Crippen LogP contribution in [0.25, 0.3) is 17.0 Å². The molecule has 5 rings (SSSR count). The Labute approximate surface area is 256 Å². The highest BCUT2D eigenvalue weighted by Crippen LogP contribution is 2.36. The number of H-pyrrole nitrogens is 1. The van der Waals surface area contributed by atoms with E-state index in [0.29, 0.717) is 50.5 Å². The first kappa shape index (κ1) is 30.3. The molecule has 3 aromatic rings. The zero-order valence-corrected chi connectivity index (χ0v) is 26.6. The lowest BCUT2D eigenvalue weighted by molar-refractivity contribution is -0.142. The summed E-state index contributed by atoms with van der Waals surface area (Å²) in [6.07, 6.45) is 5.80. The second-order valence-electron chi connectivity index (χ2n) is 12.8. The van der Waals surface area contributed by atoms with E-state index in [9.17, 15) is 14.4 Å². The highest BCUT2D eigenvalue weighted by atomic mass is 35.5. The summed E-state index contributed by atoms with van der Waals surface area (Å²) < 4.78 is 0. The number of likely N-dealkylation sites (tertiary alicyclic amines) is 1. The van der Waals surface area contributed by atoms with Crippen LogP contribution < -0.4 is 5.32 Å². The third kappa shape index (κ3) is 6.57. The number of hydrogen-bond donors (Lipinski definition) is 2. The molecule has 1 saturated heterocycles. The van der Waals surface area contributed by atoms with E-state index in [4.69, 9.17) is 11.6 Å². The molecule has 2 aliphatic heterocycles. The van der Waals surface area contributed by atoms with Crippen molar-refractivity contribution in [1.82, 2.24) is 25.3 Å². The molecule has 1 fully saturated rings. The molecule has 10 heteroatoms. The zero-order valence-electron chi connectivity index (χ0n) is 25.1. The monoisotopic (exact) mass is 609 g/mol. The molecule has 2 aliphatic rings. The first-order chi connectivity index (χ1) is 19.9. The maximum Gasteiger partial charge on any atom is 0.247 e. The number of aromatic nitrogens is 2. The summed E-state index contributed by atoms with van der Waals surface area (Å²) in [6.45, 7) is 10.6. The van der Waals surface area contributed by atoms with Gasteiger partial charge in [-0.3, -0.25) is 19.5 Å². The number of nitrogens with one attached hydrogen (secondary N) is 2. The number of hydrogen-bond acceptors (Lipinski definition) is 5. The summed E-state index contributed by atoms with van der Waals surface area (Å²) in [6, 6.07) is 6.02. The van der Waals surface area contributed by atoms with Gasteiger partial charge in [0.05, 0.1) is 22.7 Å². The van der Waals surface area contributed by atoms with Crippen LogP contribution in [-0.2, 0) is 27.3 Å². The predicted octanol–water partition coefficient (Wildman–Crippen LogP) is 5.59. The molecular formula is C32H40ClN5O3S. The number of thiophene rings is 1. The van der Waals surface area contributed by atoms with Gasteiger partial charge in [0.2, 0.25) is 17.7 Å². The molecular weight excluding hydrogens is 570 g/mol. The maximum absolute atomic E-state index is 13.9. The summed E-state index contributed by atoms with van der Waals surface area (Å²) in [7, 11) is 1.66. The first-order valence-corrected chi connectivity index (χ1v) is 15.8. The number of fused-ring (bicyclic) bond motifs is 3. The Morgan fingerprint density at radius 1 is 1.24 bits per heavy atom. The van der Waals surface area contributed by atoms with Crippen molar-refractivity contribution in [3.63, 3.8) is 0 Å². The molecule has 0 bridgehead atoms. The van der Waals surface area contributed by atoms with Crippen molar-refractivity contribution in [2.45, 2.75) is 59.9 Å². The van der Waals surface area contributed by atoms with Crippen LogP contribution in [0.2, 0.25) is 5.02 Å².